The van der Waals surface area contributed by atoms with E-state index >= 15 is 0 Å². The molecule has 0 spiro atoms. The lowest BCUT2D eigenvalue weighted by Gasteiger charge is -2.37. The second-order valence-corrected chi connectivity index (χ2v) is 9.21. The van der Waals surface area contributed by atoms with Crippen LogP contribution in [0, 0.1) is 0 Å². The zero-order chi connectivity index (χ0) is 20.3. The molecular formula is C23H27N5OS. The molecule has 2 aromatic heterocycles. The Hall–Kier alpha value is -2.51. The summed E-state index contributed by atoms with van der Waals surface area (Å²) in [5, 5.41) is 1.18. The number of hydrogen-bond acceptors (Lipinski definition) is 6. The van der Waals surface area contributed by atoms with Crippen molar-refractivity contribution in [1.29, 1.82) is 0 Å². The molecule has 4 heterocycles. The summed E-state index contributed by atoms with van der Waals surface area (Å²) in [4.78, 5) is 28.9. The predicted molar refractivity (Wildman–Crippen MR) is 121 cm³/mol. The number of thiazole rings is 1. The van der Waals surface area contributed by atoms with Crippen LogP contribution >= 0.6 is 11.3 Å². The Balaban J connectivity index is 1.16. The number of likely N-dealkylation sites (tertiary alicyclic amines) is 1. The molecule has 0 bridgehead atoms. The number of piperazine rings is 1. The Morgan fingerprint density at radius 2 is 1.87 bits per heavy atom. The maximum atomic E-state index is 13.0. The van der Waals surface area contributed by atoms with Crippen LogP contribution in [0.25, 0.3) is 10.2 Å². The first-order valence-electron chi connectivity index (χ1n) is 10.8. The number of anilines is 1. The lowest BCUT2D eigenvalue weighted by molar-refractivity contribution is -0.133. The highest BCUT2D eigenvalue weighted by molar-refractivity contribution is 7.18. The minimum atomic E-state index is 0.257. The zero-order valence-electron chi connectivity index (χ0n) is 17.1. The van der Waals surface area contributed by atoms with Crippen molar-refractivity contribution in [2.75, 3.05) is 50.7 Å². The minimum Gasteiger partial charge on any atom is -0.354 e. The molecule has 2 aliphatic heterocycles. The van der Waals surface area contributed by atoms with Crippen LogP contribution in [0.3, 0.4) is 0 Å². The summed E-state index contributed by atoms with van der Waals surface area (Å²) in [5.74, 6) is 1.64. The third-order valence-corrected chi connectivity index (χ3v) is 7.34. The minimum absolute atomic E-state index is 0.257. The Morgan fingerprint density at radius 3 is 2.67 bits per heavy atom. The summed E-state index contributed by atoms with van der Waals surface area (Å²) < 4.78 is 1.24. The summed E-state index contributed by atoms with van der Waals surface area (Å²) in [5.41, 5.74) is 1.08. The van der Waals surface area contributed by atoms with E-state index in [4.69, 9.17) is 4.98 Å². The van der Waals surface area contributed by atoms with Crippen molar-refractivity contribution < 1.29 is 4.79 Å². The van der Waals surface area contributed by atoms with Crippen LogP contribution in [-0.4, -0.2) is 71.5 Å². The normalized spacial score (nSPS) is 20.6. The van der Waals surface area contributed by atoms with Crippen LogP contribution in [-0.2, 0) is 4.79 Å². The molecule has 156 valence electrons. The van der Waals surface area contributed by atoms with Gasteiger partial charge < -0.3 is 9.80 Å². The fourth-order valence-corrected chi connectivity index (χ4v) is 5.53. The first-order chi connectivity index (χ1) is 14.8. The van der Waals surface area contributed by atoms with Gasteiger partial charge in [-0.15, -0.1) is 11.3 Å². The second-order valence-electron chi connectivity index (χ2n) is 8.15. The molecule has 0 saturated carbocycles. The first-order valence-corrected chi connectivity index (χ1v) is 11.6. The number of carbonyl (C=O) groups excluding carboxylic acids is 1. The quantitative estimate of drug-likeness (QED) is 0.647. The van der Waals surface area contributed by atoms with Crippen molar-refractivity contribution in [1.82, 2.24) is 19.8 Å². The highest BCUT2D eigenvalue weighted by Crippen LogP contribution is 2.33. The Bertz CT molecular complexity index is 966. The number of fused-ring (bicyclic) bond motifs is 1. The summed E-state index contributed by atoms with van der Waals surface area (Å²) in [7, 11) is 0. The summed E-state index contributed by atoms with van der Waals surface area (Å²) in [6, 6.07) is 14.3. The van der Waals surface area contributed by atoms with Gasteiger partial charge in [0.1, 0.15) is 5.82 Å². The Morgan fingerprint density at radius 1 is 1.03 bits per heavy atom. The fraction of sp³-hybridized carbons (Fsp3) is 0.435. The number of para-hydroxylation sites is 1. The third kappa shape index (κ3) is 4.18. The van der Waals surface area contributed by atoms with E-state index in [1.54, 1.807) is 11.3 Å². The molecule has 1 aromatic carbocycles. The highest BCUT2D eigenvalue weighted by Gasteiger charge is 2.28. The molecule has 0 radical (unpaired) electrons. The number of nitrogens with zero attached hydrogens (tertiary/aromatic N) is 5. The van der Waals surface area contributed by atoms with E-state index in [9.17, 15) is 4.79 Å². The molecule has 1 unspecified atom stereocenters. The van der Waals surface area contributed by atoms with Crippen molar-refractivity contribution >= 4 is 33.3 Å². The van der Waals surface area contributed by atoms with Crippen molar-refractivity contribution in [3.05, 3.63) is 53.7 Å². The molecule has 0 N–H and O–H groups in total. The topological polar surface area (TPSA) is 52.6 Å². The van der Waals surface area contributed by atoms with E-state index in [1.807, 2.05) is 24.4 Å². The van der Waals surface area contributed by atoms with E-state index in [-0.39, 0.29) is 5.91 Å². The van der Waals surface area contributed by atoms with Crippen molar-refractivity contribution in [3.63, 3.8) is 0 Å². The number of pyridine rings is 1. The van der Waals surface area contributed by atoms with Gasteiger partial charge in [0.05, 0.1) is 21.8 Å². The van der Waals surface area contributed by atoms with E-state index in [1.165, 1.54) is 9.71 Å². The van der Waals surface area contributed by atoms with Crippen molar-refractivity contribution in [2.24, 2.45) is 0 Å². The molecule has 7 heteroatoms. The SMILES string of the molecule is O=C(CN1CCN(c2ccccn2)CC1)N1CCCC(c2nc3ccccc3s2)C1. The Labute approximate surface area is 181 Å². The van der Waals surface area contributed by atoms with E-state index in [0.717, 1.165) is 63.4 Å². The van der Waals surface area contributed by atoms with E-state index < -0.39 is 0 Å². The van der Waals surface area contributed by atoms with Crippen molar-refractivity contribution in [2.45, 2.75) is 18.8 Å². The van der Waals surface area contributed by atoms with Gasteiger partial charge in [-0.2, -0.15) is 0 Å². The number of hydrogen-bond donors (Lipinski definition) is 0. The number of benzene rings is 1. The zero-order valence-corrected chi connectivity index (χ0v) is 17.9. The lowest BCUT2D eigenvalue weighted by atomic mass is 9.98. The summed E-state index contributed by atoms with van der Waals surface area (Å²) in [6.07, 6.45) is 4.01. The van der Waals surface area contributed by atoms with E-state index in [0.29, 0.717) is 12.5 Å². The Kier molecular flexibility index (Phi) is 5.64. The number of carbonyl (C=O) groups is 1. The third-order valence-electron chi connectivity index (χ3n) is 6.14. The highest BCUT2D eigenvalue weighted by atomic mass is 32.1. The predicted octanol–water partition coefficient (Wildman–Crippen LogP) is 3.22. The van der Waals surface area contributed by atoms with Gasteiger partial charge in [0.25, 0.3) is 0 Å². The van der Waals surface area contributed by atoms with Gasteiger partial charge in [-0.3, -0.25) is 9.69 Å². The van der Waals surface area contributed by atoms with Crippen LogP contribution in [0.15, 0.2) is 48.7 Å². The molecule has 5 rings (SSSR count). The van der Waals surface area contributed by atoms with Gasteiger partial charge in [-0.25, -0.2) is 9.97 Å². The van der Waals surface area contributed by atoms with E-state index in [2.05, 4.69) is 43.9 Å². The number of aromatic nitrogens is 2. The van der Waals surface area contributed by atoms with Crippen molar-refractivity contribution in [3.8, 4) is 0 Å². The smallest absolute Gasteiger partial charge is 0.236 e. The molecule has 30 heavy (non-hydrogen) atoms. The number of piperidine rings is 1. The van der Waals surface area contributed by atoms with Gasteiger partial charge in [-0.05, 0) is 37.1 Å². The average Bonchev–Trinajstić information content (AvgIpc) is 3.25. The van der Waals surface area contributed by atoms with Crippen LogP contribution < -0.4 is 4.90 Å². The molecule has 3 aromatic rings. The molecule has 2 fully saturated rings. The summed E-state index contributed by atoms with van der Waals surface area (Å²) in [6.45, 7) is 5.81. The molecule has 6 nitrogen and oxygen atoms in total. The van der Waals surface area contributed by atoms with Crippen LogP contribution in [0.1, 0.15) is 23.8 Å². The molecule has 2 aliphatic rings. The van der Waals surface area contributed by atoms with Crippen LogP contribution in [0.2, 0.25) is 0 Å². The molecule has 0 aliphatic carbocycles. The molecule has 2 saturated heterocycles. The molecular weight excluding hydrogens is 394 g/mol. The van der Waals surface area contributed by atoms with Gasteiger partial charge in [0.2, 0.25) is 5.91 Å². The molecule has 1 amide bonds. The lowest BCUT2D eigenvalue weighted by Crippen LogP contribution is -2.51. The first kappa shape index (κ1) is 19.5. The monoisotopic (exact) mass is 421 g/mol. The maximum Gasteiger partial charge on any atom is 0.236 e. The number of amides is 1. The van der Waals surface area contributed by atoms with Gasteiger partial charge >= 0.3 is 0 Å². The largest absolute Gasteiger partial charge is 0.354 e. The maximum absolute atomic E-state index is 13.0. The molecule has 1 atom stereocenters. The summed E-state index contributed by atoms with van der Waals surface area (Å²) >= 11 is 1.78. The fourth-order valence-electron chi connectivity index (χ4n) is 4.44. The second kappa shape index (κ2) is 8.70. The standard InChI is InChI=1S/C23H27N5OS/c29-22(17-26-12-14-27(15-13-26)21-9-3-4-10-24-21)28-11-5-6-18(16-28)23-25-19-7-1-2-8-20(19)30-23/h1-4,7-10,18H,5-6,11-17H2. The van der Waals surface area contributed by atoms with Crippen LogP contribution in [0.5, 0.6) is 0 Å². The average molecular weight is 422 g/mol. The van der Waals surface area contributed by atoms with Crippen LogP contribution in [0.4, 0.5) is 5.82 Å². The van der Waals surface area contributed by atoms with Gasteiger partial charge in [0, 0.05) is 51.4 Å². The van der Waals surface area contributed by atoms with Gasteiger partial charge in [0.15, 0.2) is 0 Å². The number of rotatable bonds is 4. The van der Waals surface area contributed by atoms with Gasteiger partial charge in [-0.1, -0.05) is 18.2 Å².